The molecule has 2 heterocycles. The third-order valence-corrected chi connectivity index (χ3v) is 11.4. The first-order valence-corrected chi connectivity index (χ1v) is 20.1. The highest BCUT2D eigenvalue weighted by Crippen LogP contribution is 2.42. The minimum atomic E-state index is 0.844. The summed E-state index contributed by atoms with van der Waals surface area (Å²) < 4.78 is 4.89. The summed E-state index contributed by atoms with van der Waals surface area (Å²) >= 11 is 0. The Labute approximate surface area is 339 Å². The highest BCUT2D eigenvalue weighted by Gasteiger charge is 2.19. The van der Waals surface area contributed by atoms with Crippen LogP contribution < -0.4 is 0 Å². The van der Waals surface area contributed by atoms with Gasteiger partial charge in [0.15, 0.2) is 0 Å². The number of benzene rings is 8. The summed E-state index contributed by atoms with van der Waals surface area (Å²) in [5.41, 5.74) is 16.4. The molecule has 10 rings (SSSR count). The van der Waals surface area contributed by atoms with Gasteiger partial charge in [0, 0.05) is 32.9 Å². The predicted molar refractivity (Wildman–Crippen MR) is 249 cm³/mol. The topological polar surface area (TPSA) is 9.86 Å². The van der Waals surface area contributed by atoms with Crippen LogP contribution in [0.4, 0.5) is 0 Å². The van der Waals surface area contributed by atoms with Gasteiger partial charge < -0.3 is 9.13 Å². The number of rotatable bonds is 9. The lowest BCUT2D eigenvalue weighted by atomic mass is 9.97. The zero-order valence-electron chi connectivity index (χ0n) is 32.5. The first-order chi connectivity index (χ1) is 28.7. The normalized spacial score (nSPS) is 12.2. The Kier molecular flexibility index (Phi) is 9.01. The molecular weight excluding hydrogens is 701 g/mol. The van der Waals surface area contributed by atoms with Crippen LogP contribution in [0.15, 0.2) is 219 Å². The van der Waals surface area contributed by atoms with Crippen LogP contribution >= 0.6 is 0 Å². The molecule has 0 saturated carbocycles. The fourth-order valence-electron chi connectivity index (χ4n) is 8.71. The standard InChI is InChI=1S/C56H42N2/c1-3-46(37-45(42-23-11-6-12-24-42)35-39(2)40-19-7-4-8-20-40)57-53-31-16-14-28-50(53)56-48(29-18-32-55(56)57)44-33-34-54-51(38-44)49-27-13-15-30-52(49)58(54)47-26-17-25-43(36-47)41-21-9-5-10-22-41/h4-38H,2-3H2,1H3/b45-35+,46-37+. The van der Waals surface area contributed by atoms with Crippen LogP contribution in [0.3, 0.4) is 0 Å². The third kappa shape index (κ3) is 6.16. The van der Waals surface area contributed by atoms with Crippen LogP contribution in [0.25, 0.3) is 88.4 Å². The molecule has 10 aromatic rings. The van der Waals surface area contributed by atoms with E-state index >= 15 is 0 Å². The van der Waals surface area contributed by atoms with E-state index in [-0.39, 0.29) is 0 Å². The van der Waals surface area contributed by atoms with Gasteiger partial charge in [0.2, 0.25) is 0 Å². The molecule has 0 atom stereocenters. The summed E-state index contributed by atoms with van der Waals surface area (Å²) in [4.78, 5) is 0. The minimum absolute atomic E-state index is 0.844. The van der Waals surface area contributed by atoms with Gasteiger partial charge in [0.25, 0.3) is 0 Å². The van der Waals surface area contributed by atoms with Gasteiger partial charge in [-0.1, -0.05) is 171 Å². The molecule has 0 aliphatic heterocycles. The van der Waals surface area contributed by atoms with Crippen molar-refractivity contribution >= 4 is 60.5 Å². The highest BCUT2D eigenvalue weighted by atomic mass is 15.0. The molecule has 2 heteroatoms. The number of aromatic nitrogens is 2. The average Bonchev–Trinajstić information content (AvgIpc) is 3.81. The smallest absolute Gasteiger partial charge is 0.0544 e. The highest BCUT2D eigenvalue weighted by molar-refractivity contribution is 6.18. The quantitative estimate of drug-likeness (QED) is 0.130. The van der Waals surface area contributed by atoms with Crippen molar-refractivity contribution < 1.29 is 0 Å². The monoisotopic (exact) mass is 742 g/mol. The number of nitrogens with zero attached hydrogens (tertiary/aromatic N) is 2. The van der Waals surface area contributed by atoms with Crippen molar-refractivity contribution in [3.63, 3.8) is 0 Å². The number of para-hydroxylation sites is 2. The molecule has 0 spiro atoms. The average molecular weight is 743 g/mol. The Morgan fingerprint density at radius 2 is 1.07 bits per heavy atom. The second-order valence-corrected chi connectivity index (χ2v) is 14.9. The van der Waals surface area contributed by atoms with Gasteiger partial charge in [0.05, 0.1) is 22.1 Å². The third-order valence-electron chi connectivity index (χ3n) is 11.4. The first kappa shape index (κ1) is 35.0. The number of fused-ring (bicyclic) bond motifs is 6. The van der Waals surface area contributed by atoms with Crippen LogP contribution in [0.5, 0.6) is 0 Å². The van der Waals surface area contributed by atoms with Gasteiger partial charge in [-0.2, -0.15) is 0 Å². The molecule has 58 heavy (non-hydrogen) atoms. The summed E-state index contributed by atoms with van der Waals surface area (Å²) in [6.07, 6.45) is 5.43. The van der Waals surface area contributed by atoms with E-state index in [9.17, 15) is 0 Å². The van der Waals surface area contributed by atoms with Crippen molar-refractivity contribution in [1.29, 1.82) is 0 Å². The maximum absolute atomic E-state index is 4.49. The van der Waals surface area contributed by atoms with Crippen molar-refractivity contribution in [1.82, 2.24) is 9.13 Å². The minimum Gasteiger partial charge on any atom is -0.313 e. The van der Waals surface area contributed by atoms with E-state index in [2.05, 4.69) is 229 Å². The Bertz CT molecular complexity index is 3190. The lowest BCUT2D eigenvalue weighted by Gasteiger charge is -2.14. The fourth-order valence-corrected chi connectivity index (χ4v) is 8.71. The molecule has 276 valence electrons. The molecule has 0 amide bonds. The van der Waals surface area contributed by atoms with Gasteiger partial charge in [-0.15, -0.1) is 0 Å². The van der Waals surface area contributed by atoms with Gasteiger partial charge in [-0.25, -0.2) is 0 Å². The zero-order valence-corrected chi connectivity index (χ0v) is 32.5. The van der Waals surface area contributed by atoms with Crippen molar-refractivity contribution in [2.45, 2.75) is 13.3 Å². The molecule has 0 N–H and O–H groups in total. The Balaban J connectivity index is 1.15. The van der Waals surface area contributed by atoms with Crippen LogP contribution in [0.1, 0.15) is 24.5 Å². The summed E-state index contributed by atoms with van der Waals surface area (Å²) in [5.74, 6) is 0. The fraction of sp³-hybridized carbons (Fsp3) is 0.0357. The summed E-state index contributed by atoms with van der Waals surface area (Å²) in [5, 5.41) is 4.98. The Morgan fingerprint density at radius 3 is 1.83 bits per heavy atom. The maximum Gasteiger partial charge on any atom is 0.0544 e. The second kappa shape index (κ2) is 14.9. The lowest BCUT2D eigenvalue weighted by Crippen LogP contribution is -1.97. The van der Waals surface area contributed by atoms with Crippen LogP contribution in [-0.4, -0.2) is 9.13 Å². The van der Waals surface area contributed by atoms with Crippen molar-refractivity contribution in [3.05, 3.63) is 230 Å². The number of allylic oxidation sites excluding steroid dienone is 5. The molecule has 0 radical (unpaired) electrons. The molecule has 0 bridgehead atoms. The van der Waals surface area contributed by atoms with E-state index in [4.69, 9.17) is 0 Å². The summed E-state index contributed by atoms with van der Waals surface area (Å²) in [6, 6.07) is 72.1. The molecule has 8 aromatic carbocycles. The molecule has 0 aliphatic rings. The molecule has 0 fully saturated rings. The van der Waals surface area contributed by atoms with E-state index in [0.29, 0.717) is 0 Å². The Morgan fingerprint density at radius 1 is 0.466 bits per heavy atom. The molecule has 0 aliphatic carbocycles. The van der Waals surface area contributed by atoms with E-state index in [1.54, 1.807) is 0 Å². The van der Waals surface area contributed by atoms with E-state index in [0.717, 1.165) is 34.4 Å². The van der Waals surface area contributed by atoms with E-state index in [1.165, 1.54) is 71.6 Å². The van der Waals surface area contributed by atoms with Gasteiger partial charge >= 0.3 is 0 Å². The van der Waals surface area contributed by atoms with Crippen molar-refractivity contribution in [2.75, 3.05) is 0 Å². The predicted octanol–water partition coefficient (Wildman–Crippen LogP) is 15.3. The van der Waals surface area contributed by atoms with Gasteiger partial charge in [0.1, 0.15) is 0 Å². The molecule has 0 unspecified atom stereocenters. The van der Waals surface area contributed by atoms with E-state index in [1.807, 2.05) is 6.07 Å². The maximum atomic E-state index is 4.49. The van der Waals surface area contributed by atoms with E-state index < -0.39 is 0 Å². The molecule has 2 aromatic heterocycles. The summed E-state index contributed by atoms with van der Waals surface area (Å²) in [6.45, 7) is 6.75. The molecule has 0 saturated heterocycles. The summed E-state index contributed by atoms with van der Waals surface area (Å²) in [7, 11) is 0. The SMILES string of the molecule is C=C(/C=C(\C=C(/CC)n1c2ccccc2c2c(-c3ccc4c(c3)c3ccccc3n4-c3cccc(-c4ccccc4)c3)cccc21)c1ccccc1)c1ccccc1. The molecular formula is C56H42N2. The van der Waals surface area contributed by atoms with Gasteiger partial charge in [-0.3, -0.25) is 0 Å². The van der Waals surface area contributed by atoms with Crippen LogP contribution in [0, 0.1) is 0 Å². The number of hydrogen-bond acceptors (Lipinski definition) is 0. The van der Waals surface area contributed by atoms with Gasteiger partial charge in [-0.05, 0) is 106 Å². The lowest BCUT2D eigenvalue weighted by molar-refractivity contribution is 1.08. The second-order valence-electron chi connectivity index (χ2n) is 14.9. The first-order valence-electron chi connectivity index (χ1n) is 20.1. The van der Waals surface area contributed by atoms with Crippen molar-refractivity contribution in [3.8, 4) is 27.9 Å². The number of hydrogen-bond donors (Lipinski definition) is 0. The zero-order chi connectivity index (χ0) is 39.0. The largest absolute Gasteiger partial charge is 0.313 e. The van der Waals surface area contributed by atoms with Crippen LogP contribution in [-0.2, 0) is 0 Å². The van der Waals surface area contributed by atoms with Crippen molar-refractivity contribution in [2.24, 2.45) is 0 Å². The molecule has 2 nitrogen and oxygen atoms in total. The van der Waals surface area contributed by atoms with Crippen LogP contribution in [0.2, 0.25) is 0 Å². The Hall–Kier alpha value is -7.42.